The molecule has 4 aromatic rings. The molecule has 2 heterocycles. The molecule has 0 aliphatic carbocycles. The summed E-state index contributed by atoms with van der Waals surface area (Å²) in [5.74, 6) is 0. The number of piperazine rings is 1. The van der Waals surface area contributed by atoms with Crippen molar-refractivity contribution in [3.8, 4) is 5.69 Å². The smallest absolute Gasteiger partial charge is 0.100 e. The summed E-state index contributed by atoms with van der Waals surface area (Å²) in [6.45, 7) is 4.38. The average molecular weight is 342 g/mol. The highest BCUT2D eigenvalue weighted by atomic mass is 15.2. The van der Waals surface area contributed by atoms with Crippen LogP contribution in [0.1, 0.15) is 0 Å². The van der Waals surface area contributed by atoms with Gasteiger partial charge in [0.25, 0.3) is 0 Å². The van der Waals surface area contributed by atoms with Gasteiger partial charge < -0.3 is 9.80 Å². The highest BCUT2D eigenvalue weighted by Crippen LogP contribution is 2.30. The van der Waals surface area contributed by atoms with E-state index < -0.39 is 0 Å². The second-order valence-corrected chi connectivity index (χ2v) is 7.08. The Hall–Kier alpha value is -2.85. The molecule has 1 aliphatic rings. The van der Waals surface area contributed by atoms with Crippen molar-refractivity contribution in [2.45, 2.75) is 0 Å². The third-order valence-electron chi connectivity index (χ3n) is 5.42. The lowest BCUT2D eigenvalue weighted by Gasteiger charge is -2.34. The Balaban J connectivity index is 1.64. The zero-order valence-electron chi connectivity index (χ0n) is 15.0. The number of rotatable bonds is 2. The molecule has 0 spiro atoms. The Bertz CT molecular complexity index is 1070. The number of para-hydroxylation sites is 2. The third-order valence-corrected chi connectivity index (χ3v) is 5.42. The highest BCUT2D eigenvalue weighted by Gasteiger charge is 2.16. The van der Waals surface area contributed by atoms with E-state index in [-0.39, 0.29) is 0 Å². The van der Waals surface area contributed by atoms with Gasteiger partial charge in [0.15, 0.2) is 0 Å². The first kappa shape index (κ1) is 15.4. The molecule has 130 valence electrons. The Morgan fingerprint density at radius 3 is 2.58 bits per heavy atom. The van der Waals surface area contributed by atoms with Gasteiger partial charge in [0, 0.05) is 42.9 Å². The molecule has 0 atom stereocenters. The number of aromatic nitrogens is 2. The minimum atomic E-state index is 1.03. The maximum absolute atomic E-state index is 4.54. The number of benzene rings is 3. The van der Waals surface area contributed by atoms with Crippen molar-refractivity contribution < 1.29 is 0 Å². The average Bonchev–Trinajstić information content (AvgIpc) is 3.12. The summed E-state index contributed by atoms with van der Waals surface area (Å²) in [5.41, 5.74) is 4.67. The summed E-state index contributed by atoms with van der Waals surface area (Å²) in [6.07, 6.45) is 1.92. The molecule has 1 aromatic heterocycles. The predicted octanol–water partition coefficient (Wildman–Crippen LogP) is 3.93. The Morgan fingerprint density at radius 1 is 0.846 bits per heavy atom. The summed E-state index contributed by atoms with van der Waals surface area (Å²) >= 11 is 0. The molecule has 3 aromatic carbocycles. The minimum Gasteiger partial charge on any atom is -0.368 e. The van der Waals surface area contributed by atoms with Gasteiger partial charge in [0.2, 0.25) is 0 Å². The summed E-state index contributed by atoms with van der Waals surface area (Å²) in [7, 11) is 2.20. The van der Waals surface area contributed by atoms with E-state index in [1.165, 1.54) is 16.5 Å². The second-order valence-electron chi connectivity index (χ2n) is 7.08. The molecule has 1 saturated heterocycles. The van der Waals surface area contributed by atoms with Crippen LogP contribution in [0, 0.1) is 0 Å². The molecule has 1 aliphatic heterocycles. The monoisotopic (exact) mass is 342 g/mol. The van der Waals surface area contributed by atoms with Crippen molar-refractivity contribution in [2.75, 3.05) is 38.1 Å². The van der Waals surface area contributed by atoms with Crippen LogP contribution in [0.5, 0.6) is 0 Å². The Kier molecular flexibility index (Phi) is 3.64. The largest absolute Gasteiger partial charge is 0.368 e. The molecule has 5 rings (SSSR count). The highest BCUT2D eigenvalue weighted by molar-refractivity contribution is 5.96. The predicted molar refractivity (Wildman–Crippen MR) is 108 cm³/mol. The van der Waals surface area contributed by atoms with E-state index in [1.54, 1.807) is 0 Å². The van der Waals surface area contributed by atoms with Crippen LogP contribution in [0.3, 0.4) is 0 Å². The van der Waals surface area contributed by atoms with Gasteiger partial charge in [-0.15, -0.1) is 0 Å². The first-order valence-electron chi connectivity index (χ1n) is 9.18. The molecule has 26 heavy (non-hydrogen) atoms. The van der Waals surface area contributed by atoms with Gasteiger partial charge in [-0.2, -0.15) is 0 Å². The van der Waals surface area contributed by atoms with E-state index in [9.17, 15) is 0 Å². The second kappa shape index (κ2) is 6.15. The van der Waals surface area contributed by atoms with Crippen molar-refractivity contribution in [2.24, 2.45) is 0 Å². The lowest BCUT2D eigenvalue weighted by atomic mass is 10.1. The van der Waals surface area contributed by atoms with Crippen molar-refractivity contribution in [1.29, 1.82) is 0 Å². The van der Waals surface area contributed by atoms with Crippen LogP contribution in [0.25, 0.3) is 27.5 Å². The van der Waals surface area contributed by atoms with Crippen LogP contribution in [-0.2, 0) is 0 Å². The summed E-state index contributed by atoms with van der Waals surface area (Å²) < 4.78 is 2.18. The Labute approximate surface area is 153 Å². The third kappa shape index (κ3) is 2.54. The van der Waals surface area contributed by atoms with Crippen molar-refractivity contribution in [1.82, 2.24) is 14.5 Å². The van der Waals surface area contributed by atoms with Crippen LogP contribution < -0.4 is 4.90 Å². The lowest BCUT2D eigenvalue weighted by molar-refractivity contribution is 0.313. The molecule has 4 nitrogen and oxygen atoms in total. The molecule has 0 amide bonds. The topological polar surface area (TPSA) is 24.3 Å². The molecule has 0 unspecified atom stereocenters. The van der Waals surface area contributed by atoms with Crippen molar-refractivity contribution in [3.05, 3.63) is 67.0 Å². The minimum absolute atomic E-state index is 1.03. The van der Waals surface area contributed by atoms with Crippen LogP contribution in [0.15, 0.2) is 67.0 Å². The Morgan fingerprint density at radius 2 is 1.69 bits per heavy atom. The summed E-state index contributed by atoms with van der Waals surface area (Å²) in [4.78, 5) is 9.45. The number of fused-ring (bicyclic) bond motifs is 2. The first-order valence-corrected chi connectivity index (χ1v) is 9.18. The fraction of sp³-hybridized carbons (Fsp3) is 0.227. The van der Waals surface area contributed by atoms with E-state index in [2.05, 4.69) is 81.0 Å². The molecule has 0 N–H and O–H groups in total. The SMILES string of the molecule is CN1CCN(c2cccc3ccc(-n4cnc5ccccc54)cc23)CC1. The number of imidazole rings is 1. The first-order chi connectivity index (χ1) is 12.8. The van der Waals surface area contributed by atoms with Crippen molar-refractivity contribution in [3.63, 3.8) is 0 Å². The van der Waals surface area contributed by atoms with E-state index in [4.69, 9.17) is 0 Å². The fourth-order valence-corrected chi connectivity index (χ4v) is 3.88. The standard InChI is InChI=1S/C22H22N4/c1-24-11-13-25(14-12-24)21-8-4-5-17-9-10-18(15-19(17)21)26-16-23-20-6-2-3-7-22(20)26/h2-10,15-16H,11-14H2,1H3. The molecule has 0 radical (unpaired) electrons. The van der Waals surface area contributed by atoms with Gasteiger partial charge >= 0.3 is 0 Å². The number of nitrogens with zero attached hydrogens (tertiary/aromatic N) is 4. The number of hydrogen-bond acceptors (Lipinski definition) is 3. The van der Waals surface area contributed by atoms with Crippen LogP contribution in [-0.4, -0.2) is 47.7 Å². The molecular weight excluding hydrogens is 320 g/mol. The summed E-state index contributed by atoms with van der Waals surface area (Å²) in [5, 5.41) is 2.60. The van der Waals surface area contributed by atoms with Gasteiger partial charge in [-0.1, -0.05) is 30.3 Å². The number of likely N-dealkylation sites (N-methyl/N-ethyl adjacent to an activating group) is 1. The summed E-state index contributed by atoms with van der Waals surface area (Å²) in [6, 6.07) is 21.6. The van der Waals surface area contributed by atoms with E-state index >= 15 is 0 Å². The number of anilines is 1. The molecule has 0 bridgehead atoms. The van der Waals surface area contributed by atoms with Gasteiger partial charge in [0.1, 0.15) is 6.33 Å². The normalized spacial score (nSPS) is 15.8. The van der Waals surface area contributed by atoms with Gasteiger partial charge in [0.05, 0.1) is 11.0 Å². The fourth-order valence-electron chi connectivity index (χ4n) is 3.88. The molecule has 1 fully saturated rings. The lowest BCUT2D eigenvalue weighted by Crippen LogP contribution is -2.44. The van der Waals surface area contributed by atoms with E-state index in [1.807, 2.05) is 12.4 Å². The quantitative estimate of drug-likeness (QED) is 0.552. The van der Waals surface area contributed by atoms with Crippen LogP contribution in [0.2, 0.25) is 0 Å². The zero-order chi connectivity index (χ0) is 17.5. The molecule has 4 heteroatoms. The van der Waals surface area contributed by atoms with E-state index in [0.717, 1.165) is 42.9 Å². The van der Waals surface area contributed by atoms with Crippen molar-refractivity contribution >= 4 is 27.5 Å². The number of hydrogen-bond donors (Lipinski definition) is 0. The van der Waals surface area contributed by atoms with Crippen LogP contribution >= 0.6 is 0 Å². The molecular formula is C22H22N4. The molecule has 0 saturated carbocycles. The van der Waals surface area contributed by atoms with E-state index in [0.29, 0.717) is 0 Å². The zero-order valence-corrected chi connectivity index (χ0v) is 15.0. The van der Waals surface area contributed by atoms with Gasteiger partial charge in [-0.25, -0.2) is 4.98 Å². The van der Waals surface area contributed by atoms with Gasteiger partial charge in [-0.05, 0) is 42.8 Å². The van der Waals surface area contributed by atoms with Crippen LogP contribution in [0.4, 0.5) is 5.69 Å². The van der Waals surface area contributed by atoms with Gasteiger partial charge in [-0.3, -0.25) is 4.57 Å². The maximum atomic E-state index is 4.54. The maximum Gasteiger partial charge on any atom is 0.100 e.